The van der Waals surface area contributed by atoms with Gasteiger partial charge in [-0.2, -0.15) is 0 Å². The average Bonchev–Trinajstić information content (AvgIpc) is 2.71. The highest BCUT2D eigenvalue weighted by Gasteiger charge is 2.14. The van der Waals surface area contributed by atoms with Crippen LogP contribution in [-0.2, 0) is 0 Å². The van der Waals surface area contributed by atoms with E-state index in [1.54, 1.807) is 0 Å². The molecule has 1 fully saturated rings. The van der Waals surface area contributed by atoms with Gasteiger partial charge in [0.25, 0.3) is 5.91 Å². The van der Waals surface area contributed by atoms with Gasteiger partial charge in [-0.3, -0.25) is 4.79 Å². The summed E-state index contributed by atoms with van der Waals surface area (Å²) in [6, 6.07) is 0. The lowest BCUT2D eigenvalue weighted by Gasteiger charge is -2.13. The largest absolute Gasteiger partial charge is 0.366 e. The van der Waals surface area contributed by atoms with Crippen LogP contribution >= 0.6 is 0 Å². The van der Waals surface area contributed by atoms with Crippen LogP contribution in [0, 0.1) is 0 Å². The van der Waals surface area contributed by atoms with Crippen molar-refractivity contribution in [3.05, 3.63) is 18.0 Å². The Morgan fingerprint density at radius 2 is 1.86 bits per heavy atom. The molecular weight excluding hydrogens is 180 g/mol. The summed E-state index contributed by atoms with van der Waals surface area (Å²) >= 11 is 0. The van der Waals surface area contributed by atoms with E-state index >= 15 is 0 Å². The summed E-state index contributed by atoms with van der Waals surface area (Å²) in [5.74, 6) is 0.200. The van der Waals surface area contributed by atoms with Gasteiger partial charge in [0.05, 0.1) is 5.56 Å². The second-order valence-corrected chi connectivity index (χ2v) is 3.33. The minimum Gasteiger partial charge on any atom is -0.366 e. The molecule has 5 nitrogen and oxygen atoms in total. The Morgan fingerprint density at radius 3 is 2.36 bits per heavy atom. The zero-order chi connectivity index (χ0) is 9.97. The van der Waals surface area contributed by atoms with Crippen LogP contribution < -0.4 is 10.6 Å². The van der Waals surface area contributed by atoms with Crippen molar-refractivity contribution in [2.45, 2.75) is 12.8 Å². The number of carbonyl (C=O) groups excluding carboxylic acids is 1. The van der Waals surface area contributed by atoms with Crippen LogP contribution in [0.1, 0.15) is 23.2 Å². The third kappa shape index (κ3) is 1.66. The minimum atomic E-state index is -0.488. The molecule has 0 atom stereocenters. The van der Waals surface area contributed by atoms with Crippen molar-refractivity contribution in [2.75, 3.05) is 18.0 Å². The highest BCUT2D eigenvalue weighted by molar-refractivity contribution is 5.92. The fourth-order valence-electron chi connectivity index (χ4n) is 1.53. The third-order valence-corrected chi connectivity index (χ3v) is 2.31. The smallest absolute Gasteiger partial charge is 0.251 e. The molecule has 0 aliphatic carbocycles. The quantitative estimate of drug-likeness (QED) is 0.725. The number of rotatable bonds is 2. The number of anilines is 1. The number of hydrogen-bond donors (Lipinski definition) is 1. The number of amides is 1. The Kier molecular flexibility index (Phi) is 2.30. The van der Waals surface area contributed by atoms with Crippen LogP contribution in [-0.4, -0.2) is 29.0 Å². The van der Waals surface area contributed by atoms with Crippen molar-refractivity contribution in [1.29, 1.82) is 0 Å². The van der Waals surface area contributed by atoms with Crippen molar-refractivity contribution in [3.8, 4) is 0 Å². The average molecular weight is 192 g/mol. The summed E-state index contributed by atoms with van der Waals surface area (Å²) < 4.78 is 0. The maximum atomic E-state index is 10.8. The van der Waals surface area contributed by atoms with Crippen molar-refractivity contribution in [3.63, 3.8) is 0 Å². The van der Waals surface area contributed by atoms with E-state index in [1.165, 1.54) is 25.2 Å². The fraction of sp³-hybridized carbons (Fsp3) is 0.444. The predicted molar refractivity (Wildman–Crippen MR) is 52.0 cm³/mol. The van der Waals surface area contributed by atoms with Crippen LogP contribution in [0.2, 0.25) is 0 Å². The molecule has 1 aromatic rings. The number of hydrogen-bond acceptors (Lipinski definition) is 4. The van der Waals surface area contributed by atoms with Gasteiger partial charge in [-0.05, 0) is 12.8 Å². The first-order valence-corrected chi connectivity index (χ1v) is 4.64. The van der Waals surface area contributed by atoms with E-state index in [0.717, 1.165) is 13.1 Å². The SMILES string of the molecule is NC(=O)c1cnc(N2CCCC2)nc1. The zero-order valence-corrected chi connectivity index (χ0v) is 7.81. The Balaban J connectivity index is 2.16. The second kappa shape index (κ2) is 3.61. The van der Waals surface area contributed by atoms with Gasteiger partial charge in [0.2, 0.25) is 5.95 Å². The lowest BCUT2D eigenvalue weighted by molar-refractivity contribution is 0.0999. The van der Waals surface area contributed by atoms with Crippen molar-refractivity contribution in [1.82, 2.24) is 9.97 Å². The van der Waals surface area contributed by atoms with Gasteiger partial charge < -0.3 is 10.6 Å². The van der Waals surface area contributed by atoms with Gasteiger partial charge in [0.15, 0.2) is 0 Å². The number of aromatic nitrogens is 2. The van der Waals surface area contributed by atoms with E-state index in [-0.39, 0.29) is 0 Å². The van der Waals surface area contributed by atoms with E-state index in [2.05, 4.69) is 14.9 Å². The van der Waals surface area contributed by atoms with Crippen LogP contribution in [0.25, 0.3) is 0 Å². The van der Waals surface area contributed by atoms with Crippen LogP contribution in [0.3, 0.4) is 0 Å². The molecule has 74 valence electrons. The van der Waals surface area contributed by atoms with Gasteiger partial charge in [0.1, 0.15) is 0 Å². The molecule has 0 saturated carbocycles. The van der Waals surface area contributed by atoms with Gasteiger partial charge in [-0.25, -0.2) is 9.97 Å². The van der Waals surface area contributed by atoms with Gasteiger partial charge in [0, 0.05) is 25.5 Å². The molecule has 2 N–H and O–H groups in total. The third-order valence-electron chi connectivity index (χ3n) is 2.31. The monoisotopic (exact) mass is 192 g/mol. The summed E-state index contributed by atoms with van der Waals surface area (Å²) in [7, 11) is 0. The maximum Gasteiger partial charge on any atom is 0.251 e. The standard InChI is InChI=1S/C9H12N4O/c10-8(14)7-5-11-9(12-6-7)13-3-1-2-4-13/h5-6H,1-4H2,(H2,10,14). The molecule has 0 unspecified atom stereocenters. The fourth-order valence-corrected chi connectivity index (χ4v) is 1.53. The molecule has 0 spiro atoms. The number of carbonyl (C=O) groups is 1. The van der Waals surface area contributed by atoms with Gasteiger partial charge >= 0.3 is 0 Å². The molecule has 1 saturated heterocycles. The van der Waals surface area contributed by atoms with Gasteiger partial charge in [-0.15, -0.1) is 0 Å². The summed E-state index contributed by atoms with van der Waals surface area (Å²) in [5, 5.41) is 0. The van der Waals surface area contributed by atoms with Crippen LogP contribution in [0.4, 0.5) is 5.95 Å². The molecule has 14 heavy (non-hydrogen) atoms. The molecule has 1 aliphatic rings. The van der Waals surface area contributed by atoms with Crippen molar-refractivity contribution in [2.24, 2.45) is 5.73 Å². The number of nitrogens with zero attached hydrogens (tertiary/aromatic N) is 3. The number of primary amides is 1. The first kappa shape index (κ1) is 8.93. The summed E-state index contributed by atoms with van der Waals surface area (Å²) in [6.07, 6.45) is 5.31. The Hall–Kier alpha value is -1.65. The first-order valence-electron chi connectivity index (χ1n) is 4.64. The summed E-state index contributed by atoms with van der Waals surface area (Å²) in [4.78, 5) is 21.1. The molecule has 0 bridgehead atoms. The van der Waals surface area contributed by atoms with Crippen molar-refractivity contribution >= 4 is 11.9 Å². The van der Waals surface area contributed by atoms with E-state index in [1.807, 2.05) is 0 Å². The maximum absolute atomic E-state index is 10.8. The molecule has 1 aliphatic heterocycles. The highest BCUT2D eigenvalue weighted by Crippen LogP contribution is 2.14. The summed E-state index contributed by atoms with van der Waals surface area (Å²) in [6.45, 7) is 1.99. The Bertz CT molecular complexity index is 329. The van der Waals surface area contributed by atoms with E-state index in [4.69, 9.17) is 5.73 Å². The van der Waals surface area contributed by atoms with E-state index < -0.39 is 5.91 Å². The van der Waals surface area contributed by atoms with Crippen LogP contribution in [0.5, 0.6) is 0 Å². The summed E-state index contributed by atoms with van der Waals surface area (Å²) in [5.41, 5.74) is 5.44. The normalized spacial score (nSPS) is 15.9. The molecule has 0 aromatic carbocycles. The molecule has 1 amide bonds. The topological polar surface area (TPSA) is 72.1 Å². The lowest BCUT2D eigenvalue weighted by atomic mass is 10.3. The molecule has 0 radical (unpaired) electrons. The zero-order valence-electron chi connectivity index (χ0n) is 7.81. The molecule has 5 heteroatoms. The highest BCUT2D eigenvalue weighted by atomic mass is 16.1. The molecule has 2 heterocycles. The van der Waals surface area contributed by atoms with Crippen LogP contribution in [0.15, 0.2) is 12.4 Å². The number of nitrogens with two attached hydrogens (primary N) is 1. The minimum absolute atomic E-state index is 0.355. The second-order valence-electron chi connectivity index (χ2n) is 3.33. The molecule has 2 rings (SSSR count). The molecule has 1 aromatic heterocycles. The van der Waals surface area contributed by atoms with E-state index in [0.29, 0.717) is 11.5 Å². The Morgan fingerprint density at radius 1 is 1.29 bits per heavy atom. The molecular formula is C9H12N4O. The van der Waals surface area contributed by atoms with Gasteiger partial charge in [-0.1, -0.05) is 0 Å². The van der Waals surface area contributed by atoms with Crippen molar-refractivity contribution < 1.29 is 4.79 Å². The lowest BCUT2D eigenvalue weighted by Crippen LogP contribution is -2.21. The first-order chi connectivity index (χ1) is 6.77. The predicted octanol–water partition coefficient (Wildman–Crippen LogP) is 0.176. The van der Waals surface area contributed by atoms with E-state index in [9.17, 15) is 4.79 Å². The Labute approximate surface area is 82.0 Å².